The number of ketones is 1. The van der Waals surface area contributed by atoms with Crippen molar-refractivity contribution < 1.29 is 63.4 Å². The number of nitrogens with one attached hydrogen (secondary N) is 1. The minimum Gasteiger partial charge on any atom is -0.507 e. The molecule has 4 aliphatic heterocycles. The Bertz CT molecular complexity index is 2820. The van der Waals surface area contributed by atoms with Crippen molar-refractivity contribution in [2.24, 2.45) is 28.8 Å². The number of aromatic nitrogens is 1. The zero-order valence-electron chi connectivity index (χ0n) is 42.6. The summed E-state index contributed by atoms with van der Waals surface area (Å²) in [5, 5.41) is 72.7. The van der Waals surface area contributed by atoms with Gasteiger partial charge in [-0.1, -0.05) is 74.8 Å². The second-order valence-corrected chi connectivity index (χ2v) is 19.9. The van der Waals surface area contributed by atoms with Crippen LogP contribution in [0.2, 0.25) is 5.02 Å². The van der Waals surface area contributed by atoms with Gasteiger partial charge in [0.15, 0.2) is 5.75 Å². The summed E-state index contributed by atoms with van der Waals surface area (Å²) in [6, 6.07) is 9.33. The monoisotopic (exact) mass is 1030 g/mol. The summed E-state index contributed by atoms with van der Waals surface area (Å²) in [5.74, 6) is -7.79. The molecule has 392 valence electrons. The van der Waals surface area contributed by atoms with Gasteiger partial charge < -0.3 is 54.3 Å². The van der Waals surface area contributed by atoms with Crippen LogP contribution in [0.15, 0.2) is 76.1 Å². The third kappa shape index (κ3) is 11.5. The van der Waals surface area contributed by atoms with E-state index in [1.165, 1.54) is 59.4 Å². The normalized spacial score (nSPS) is 28.2. The van der Waals surface area contributed by atoms with Crippen LogP contribution in [0.25, 0.3) is 22.0 Å². The summed E-state index contributed by atoms with van der Waals surface area (Å²) in [7, 11) is 1.44. The van der Waals surface area contributed by atoms with Crippen molar-refractivity contribution in [3.63, 3.8) is 0 Å². The summed E-state index contributed by atoms with van der Waals surface area (Å²) < 4.78 is 29.4. The van der Waals surface area contributed by atoms with Gasteiger partial charge in [0, 0.05) is 110 Å². The molecule has 1 saturated heterocycles. The molecule has 18 nitrogen and oxygen atoms in total. The van der Waals surface area contributed by atoms with Crippen molar-refractivity contribution in [2.45, 2.75) is 98.4 Å². The first-order valence-electron chi connectivity index (χ1n) is 24.5. The molecule has 6 N–H and O–H groups in total. The Balaban J connectivity index is 1.21. The van der Waals surface area contributed by atoms with Gasteiger partial charge in [-0.3, -0.25) is 24.3 Å². The lowest BCUT2D eigenvalue weighted by Gasteiger charge is -2.38. The molecule has 0 radical (unpaired) electrons. The van der Waals surface area contributed by atoms with Crippen LogP contribution in [-0.4, -0.2) is 135 Å². The molecule has 5 heterocycles. The number of fused-ring (bicyclic) bond motifs is 14. The van der Waals surface area contributed by atoms with Gasteiger partial charge >= 0.3 is 11.8 Å². The summed E-state index contributed by atoms with van der Waals surface area (Å²) in [6.45, 7) is 15.6. The van der Waals surface area contributed by atoms with Crippen LogP contribution in [0.4, 0.5) is 5.69 Å². The van der Waals surface area contributed by atoms with E-state index in [0.717, 1.165) is 30.0 Å². The highest BCUT2D eigenvalue weighted by Crippen LogP contribution is 2.55. The molecule has 0 spiro atoms. The molecule has 5 bridgehead atoms. The molecular weight excluding hydrogens is 962 g/mol. The number of ether oxygens (including phenoxy) is 4. The summed E-state index contributed by atoms with van der Waals surface area (Å²) >= 11 is 6.04. The molecule has 8 rings (SSSR count). The SMILES string of the molecule is CO[C@H]1/C=C/O[C@@]2(C)Oc3c(C)c(O)c4c(O)c(c(/C=N/N5CCN(CCCc6cc(-c7ccc(Cl)cc7)no6)CC5)c(O)c4c3C2=O)NC(=O)/C(C)=C\C=C\[C@H](C)[C@H](O)[C@@H](C)[C@@H](O)[C@@H](C)[C@H](OC(C)=O)[C@@H]1C. The average Bonchev–Trinajstić information content (AvgIpc) is 3.95. The van der Waals surface area contributed by atoms with Gasteiger partial charge in [-0.05, 0) is 45.0 Å². The number of aryl methyl sites for hydroxylation is 1. The summed E-state index contributed by atoms with van der Waals surface area (Å²) in [6.07, 6.45) is 6.30. The van der Waals surface area contributed by atoms with Crippen LogP contribution in [-0.2, 0) is 30.2 Å². The number of Topliss-reactive ketones (excluding diaryl/α,β-unsaturated/α-hetero) is 1. The predicted octanol–water partition coefficient (Wildman–Crippen LogP) is 7.65. The lowest BCUT2D eigenvalue weighted by atomic mass is 9.78. The zero-order chi connectivity index (χ0) is 53.1. The number of hydrazone groups is 1. The van der Waals surface area contributed by atoms with Crippen molar-refractivity contribution in [3.05, 3.63) is 93.9 Å². The molecule has 9 atom stereocenters. The van der Waals surface area contributed by atoms with Crippen molar-refractivity contribution in [1.29, 1.82) is 0 Å². The number of piperazine rings is 1. The van der Waals surface area contributed by atoms with E-state index in [4.69, 9.17) is 35.1 Å². The number of methoxy groups -OCH3 is 1. The number of carbonyl (C=O) groups is 3. The van der Waals surface area contributed by atoms with Gasteiger partial charge in [-0.15, -0.1) is 0 Å². The molecule has 0 aliphatic carbocycles. The lowest BCUT2D eigenvalue weighted by molar-refractivity contribution is -0.160. The van der Waals surface area contributed by atoms with Crippen LogP contribution in [0.1, 0.15) is 82.1 Å². The van der Waals surface area contributed by atoms with Gasteiger partial charge in [0.2, 0.25) is 0 Å². The number of aliphatic hydroxyl groups excluding tert-OH is 2. The Hall–Kier alpha value is -6.44. The van der Waals surface area contributed by atoms with Crippen molar-refractivity contribution in [1.82, 2.24) is 15.1 Å². The van der Waals surface area contributed by atoms with Crippen LogP contribution < -0.4 is 10.1 Å². The number of esters is 1. The third-order valence-electron chi connectivity index (χ3n) is 14.3. The average molecular weight is 1030 g/mol. The molecule has 3 aromatic carbocycles. The quantitative estimate of drug-likeness (QED) is 0.0408. The van der Waals surface area contributed by atoms with E-state index in [1.807, 2.05) is 18.2 Å². The number of phenols is 3. The minimum atomic E-state index is -2.08. The highest BCUT2D eigenvalue weighted by atomic mass is 35.5. The fourth-order valence-electron chi connectivity index (χ4n) is 9.75. The lowest BCUT2D eigenvalue weighted by Crippen LogP contribution is -2.46. The molecule has 0 saturated carbocycles. The van der Waals surface area contributed by atoms with Gasteiger partial charge in [-0.2, -0.15) is 5.10 Å². The Labute approximate surface area is 429 Å². The molecule has 73 heavy (non-hydrogen) atoms. The highest BCUT2D eigenvalue weighted by Gasteiger charge is 2.50. The van der Waals surface area contributed by atoms with Crippen molar-refractivity contribution in [2.75, 3.05) is 45.2 Å². The summed E-state index contributed by atoms with van der Waals surface area (Å²) in [5.41, 5.74) is 1.21. The second-order valence-electron chi connectivity index (χ2n) is 19.4. The number of amides is 1. The maximum Gasteiger partial charge on any atom is 0.312 e. The maximum atomic E-state index is 14.6. The highest BCUT2D eigenvalue weighted by molar-refractivity contribution is 6.30. The topological polar surface area (TPSA) is 246 Å². The Morgan fingerprint density at radius 1 is 0.959 bits per heavy atom. The fourth-order valence-corrected chi connectivity index (χ4v) is 9.88. The fraction of sp³-hybridized carbons (Fsp3) is 0.463. The number of anilines is 1. The molecule has 1 amide bonds. The molecule has 4 aliphatic rings. The standard InChI is InChI=1S/C54H66ClN5O13/c1-28-12-10-13-29(2)53(68)57-44-38(27-56-60-23-21-59(22-24-60)20-11-14-37-26-39(58-73-37)35-15-17-36(55)18-16-35)48(65)41-42(49(44)66)47(64)33(6)51-43(41)52(67)54(8,72-51)70-25-19-40(69-9)30(3)50(71-34(7)61)32(5)46(63)31(4)45(28)62/h10,12-13,15-19,25-28,30-32,40,45-46,50,62-66H,11,14,20-24H2,1-9H3,(H,57,68)/b12-10+,25-19+,29-13-,56-27+/t28-,30+,31+,32+,40-,45-,46+,50+,54-/m0/s1. The number of aliphatic hydroxyl groups is 2. The number of hydrogen-bond acceptors (Lipinski definition) is 17. The van der Waals surface area contributed by atoms with E-state index >= 15 is 0 Å². The smallest absolute Gasteiger partial charge is 0.312 e. The molecule has 1 fully saturated rings. The van der Waals surface area contributed by atoms with E-state index in [9.17, 15) is 39.9 Å². The van der Waals surface area contributed by atoms with E-state index in [-0.39, 0.29) is 44.5 Å². The number of nitrogens with zero attached hydrogens (tertiary/aromatic N) is 4. The third-order valence-corrected chi connectivity index (χ3v) is 14.6. The first-order chi connectivity index (χ1) is 34.6. The van der Waals surface area contributed by atoms with Crippen LogP contribution in [0.5, 0.6) is 23.0 Å². The molecule has 1 aromatic heterocycles. The molecule has 0 unspecified atom stereocenters. The molecule has 19 heteroatoms. The van der Waals surface area contributed by atoms with E-state index < -0.39 is 88.8 Å². The number of benzene rings is 3. The van der Waals surface area contributed by atoms with Gasteiger partial charge in [-0.25, -0.2) is 0 Å². The van der Waals surface area contributed by atoms with E-state index in [2.05, 4.69) is 20.5 Å². The van der Waals surface area contributed by atoms with Crippen LogP contribution >= 0.6 is 11.6 Å². The largest absolute Gasteiger partial charge is 0.507 e. The maximum absolute atomic E-state index is 14.6. The number of halogens is 1. The summed E-state index contributed by atoms with van der Waals surface area (Å²) in [4.78, 5) is 43.3. The molecule has 4 aromatic rings. The first-order valence-corrected chi connectivity index (χ1v) is 24.8. The van der Waals surface area contributed by atoms with E-state index in [1.54, 1.807) is 57.0 Å². The number of rotatable bonds is 9. The second kappa shape index (κ2) is 22.8. The number of allylic oxidation sites excluding steroid dienone is 2. The Morgan fingerprint density at radius 3 is 2.33 bits per heavy atom. The van der Waals surface area contributed by atoms with Crippen molar-refractivity contribution in [3.8, 4) is 34.3 Å². The predicted molar refractivity (Wildman–Crippen MR) is 275 cm³/mol. The molecular formula is C54H66ClN5O13. The number of phenolic OH excluding ortho intramolecular Hbond substituents is 3. The van der Waals surface area contributed by atoms with Gasteiger partial charge in [0.25, 0.3) is 11.7 Å². The van der Waals surface area contributed by atoms with Crippen LogP contribution in [0.3, 0.4) is 0 Å². The number of aromatic hydroxyl groups is 3. The minimum absolute atomic E-state index is 0.0411. The van der Waals surface area contributed by atoms with Gasteiger partial charge in [0.05, 0.1) is 53.0 Å². The Kier molecular flexibility index (Phi) is 16.9. The Morgan fingerprint density at radius 2 is 1.66 bits per heavy atom. The number of hydrogen-bond donors (Lipinski definition) is 6. The van der Waals surface area contributed by atoms with E-state index in [0.29, 0.717) is 37.6 Å². The first kappa shape index (κ1) is 54.3. The van der Waals surface area contributed by atoms with Crippen LogP contribution in [0, 0.1) is 30.6 Å². The number of carbonyl (C=O) groups excluding carboxylic acids is 3. The zero-order valence-corrected chi connectivity index (χ0v) is 43.3. The van der Waals surface area contributed by atoms with Crippen molar-refractivity contribution >= 4 is 51.9 Å². The van der Waals surface area contributed by atoms with Gasteiger partial charge in [0.1, 0.15) is 34.8 Å².